The molecule has 1 atom stereocenters. The van der Waals surface area contributed by atoms with Crippen molar-refractivity contribution in [2.24, 2.45) is 5.92 Å². The maximum absolute atomic E-state index is 12.0. The third-order valence-corrected chi connectivity index (χ3v) is 3.24. The van der Waals surface area contributed by atoms with Gasteiger partial charge in [0.1, 0.15) is 0 Å². The van der Waals surface area contributed by atoms with Gasteiger partial charge in [-0.1, -0.05) is 13.8 Å². The van der Waals surface area contributed by atoms with Gasteiger partial charge in [0.05, 0.1) is 0 Å². The fourth-order valence-electron chi connectivity index (χ4n) is 2.19. The number of piperazine rings is 1. The van der Waals surface area contributed by atoms with Crippen LogP contribution in [0.1, 0.15) is 27.7 Å². The van der Waals surface area contributed by atoms with Crippen LogP contribution in [0.3, 0.4) is 0 Å². The molecule has 0 bridgehead atoms. The van der Waals surface area contributed by atoms with Crippen molar-refractivity contribution in [3.8, 4) is 0 Å². The van der Waals surface area contributed by atoms with Gasteiger partial charge in [-0.05, 0) is 32.9 Å². The van der Waals surface area contributed by atoms with E-state index in [-0.39, 0.29) is 17.9 Å². The van der Waals surface area contributed by atoms with Crippen LogP contribution in [0.4, 0.5) is 0 Å². The predicted octanol–water partition coefficient (Wildman–Crippen LogP) is 0.311. The third kappa shape index (κ3) is 3.70. The highest BCUT2D eigenvalue weighted by atomic mass is 16.2. The van der Waals surface area contributed by atoms with Crippen LogP contribution in [-0.2, 0) is 9.59 Å². The topological polar surface area (TPSA) is 52.6 Å². The Morgan fingerprint density at radius 1 is 1.17 bits per heavy atom. The monoisotopic (exact) mass is 255 g/mol. The maximum atomic E-state index is 12.0. The standard InChI is InChI=1S/C13H25N3O2/c1-5-14-8-11(4)9-15-6-7-16(10(2)3)13(18)12(15)17/h10-11,14H,5-9H2,1-4H3. The van der Waals surface area contributed by atoms with Gasteiger partial charge in [-0.25, -0.2) is 0 Å². The van der Waals surface area contributed by atoms with Crippen LogP contribution in [-0.4, -0.2) is 60.4 Å². The molecule has 1 saturated heterocycles. The number of carbonyl (C=O) groups excluding carboxylic acids is 2. The number of nitrogens with zero attached hydrogens (tertiary/aromatic N) is 2. The van der Waals surface area contributed by atoms with E-state index in [0.717, 1.165) is 13.1 Å². The van der Waals surface area contributed by atoms with E-state index in [1.165, 1.54) is 0 Å². The average Bonchev–Trinajstić information content (AvgIpc) is 2.32. The Hall–Kier alpha value is -1.10. The van der Waals surface area contributed by atoms with E-state index < -0.39 is 0 Å². The van der Waals surface area contributed by atoms with Crippen molar-refractivity contribution in [2.45, 2.75) is 33.7 Å². The van der Waals surface area contributed by atoms with Crippen LogP contribution in [0, 0.1) is 5.92 Å². The molecule has 0 saturated carbocycles. The molecule has 1 N–H and O–H groups in total. The Morgan fingerprint density at radius 2 is 1.83 bits per heavy atom. The van der Waals surface area contributed by atoms with E-state index in [2.05, 4.69) is 19.2 Å². The summed E-state index contributed by atoms with van der Waals surface area (Å²) in [6.45, 7) is 11.8. The number of hydrogen-bond acceptors (Lipinski definition) is 3. The minimum atomic E-state index is -0.355. The maximum Gasteiger partial charge on any atom is 0.312 e. The van der Waals surface area contributed by atoms with Gasteiger partial charge in [0.15, 0.2) is 0 Å². The SMILES string of the molecule is CCNCC(C)CN1CCN(C(C)C)C(=O)C1=O. The Morgan fingerprint density at radius 3 is 2.39 bits per heavy atom. The Bertz CT molecular complexity index is 305. The second-order valence-electron chi connectivity index (χ2n) is 5.26. The quantitative estimate of drug-likeness (QED) is 0.695. The molecule has 104 valence electrons. The minimum Gasteiger partial charge on any atom is -0.332 e. The zero-order valence-corrected chi connectivity index (χ0v) is 11.9. The van der Waals surface area contributed by atoms with E-state index in [9.17, 15) is 9.59 Å². The molecule has 0 spiro atoms. The van der Waals surface area contributed by atoms with Crippen LogP contribution >= 0.6 is 0 Å². The first-order chi connectivity index (χ1) is 8.47. The first kappa shape index (κ1) is 15.0. The third-order valence-electron chi connectivity index (χ3n) is 3.24. The number of rotatable bonds is 6. The lowest BCUT2D eigenvalue weighted by molar-refractivity contribution is -0.157. The zero-order valence-electron chi connectivity index (χ0n) is 11.9. The number of hydrogen-bond donors (Lipinski definition) is 1. The molecule has 2 amide bonds. The van der Waals surface area contributed by atoms with E-state index in [1.54, 1.807) is 9.80 Å². The smallest absolute Gasteiger partial charge is 0.312 e. The van der Waals surface area contributed by atoms with Crippen LogP contribution in [0.15, 0.2) is 0 Å². The fourth-order valence-corrected chi connectivity index (χ4v) is 2.19. The highest BCUT2D eigenvalue weighted by Crippen LogP contribution is 2.10. The van der Waals surface area contributed by atoms with Crippen LogP contribution in [0.2, 0.25) is 0 Å². The van der Waals surface area contributed by atoms with Crippen LogP contribution in [0.5, 0.6) is 0 Å². The molecule has 0 radical (unpaired) electrons. The fraction of sp³-hybridized carbons (Fsp3) is 0.846. The molecule has 18 heavy (non-hydrogen) atoms. The van der Waals surface area contributed by atoms with Crippen molar-refractivity contribution < 1.29 is 9.59 Å². The molecular weight excluding hydrogens is 230 g/mol. The molecule has 1 aliphatic rings. The van der Waals surface area contributed by atoms with Crippen LogP contribution in [0.25, 0.3) is 0 Å². The molecule has 1 aliphatic heterocycles. The molecular formula is C13H25N3O2. The predicted molar refractivity (Wildman–Crippen MR) is 71.1 cm³/mol. The summed E-state index contributed by atoms with van der Waals surface area (Å²) < 4.78 is 0. The number of amides is 2. The summed E-state index contributed by atoms with van der Waals surface area (Å²) in [6.07, 6.45) is 0. The molecule has 5 nitrogen and oxygen atoms in total. The molecule has 1 heterocycles. The highest BCUT2D eigenvalue weighted by Gasteiger charge is 2.33. The van der Waals surface area contributed by atoms with Gasteiger partial charge < -0.3 is 15.1 Å². The van der Waals surface area contributed by atoms with Crippen molar-refractivity contribution in [1.82, 2.24) is 15.1 Å². The van der Waals surface area contributed by atoms with Gasteiger partial charge in [-0.3, -0.25) is 9.59 Å². The van der Waals surface area contributed by atoms with Gasteiger partial charge >= 0.3 is 11.8 Å². The molecule has 1 rings (SSSR count). The van der Waals surface area contributed by atoms with E-state index in [1.807, 2.05) is 13.8 Å². The molecule has 1 fully saturated rings. The van der Waals surface area contributed by atoms with Gasteiger partial charge in [0, 0.05) is 25.7 Å². The van der Waals surface area contributed by atoms with Crippen molar-refractivity contribution in [3.63, 3.8) is 0 Å². The Kier molecular flexibility index (Phi) is 5.59. The Balaban J connectivity index is 2.50. The molecule has 1 unspecified atom stereocenters. The summed E-state index contributed by atoms with van der Waals surface area (Å²) >= 11 is 0. The lowest BCUT2D eigenvalue weighted by Gasteiger charge is -2.37. The summed E-state index contributed by atoms with van der Waals surface area (Å²) in [5.74, 6) is -0.336. The summed E-state index contributed by atoms with van der Waals surface area (Å²) in [6, 6.07) is 0.0998. The van der Waals surface area contributed by atoms with Gasteiger partial charge in [-0.15, -0.1) is 0 Å². The number of carbonyl (C=O) groups is 2. The average molecular weight is 255 g/mol. The highest BCUT2D eigenvalue weighted by molar-refractivity contribution is 6.35. The van der Waals surface area contributed by atoms with Crippen molar-refractivity contribution in [2.75, 3.05) is 32.7 Å². The van der Waals surface area contributed by atoms with Gasteiger partial charge in [0.2, 0.25) is 0 Å². The summed E-state index contributed by atoms with van der Waals surface area (Å²) in [4.78, 5) is 27.2. The van der Waals surface area contributed by atoms with Crippen molar-refractivity contribution in [1.29, 1.82) is 0 Å². The summed E-state index contributed by atoms with van der Waals surface area (Å²) in [5.41, 5.74) is 0. The van der Waals surface area contributed by atoms with Crippen molar-refractivity contribution in [3.05, 3.63) is 0 Å². The van der Waals surface area contributed by atoms with E-state index >= 15 is 0 Å². The number of nitrogens with one attached hydrogen (secondary N) is 1. The van der Waals surface area contributed by atoms with Crippen molar-refractivity contribution >= 4 is 11.8 Å². The first-order valence-corrected chi connectivity index (χ1v) is 6.78. The second-order valence-corrected chi connectivity index (χ2v) is 5.26. The lowest BCUT2D eigenvalue weighted by atomic mass is 10.1. The summed E-state index contributed by atoms with van der Waals surface area (Å²) in [7, 11) is 0. The molecule has 0 aliphatic carbocycles. The molecule has 0 aromatic rings. The van der Waals surface area contributed by atoms with E-state index in [0.29, 0.717) is 25.6 Å². The Labute approximate surface area is 110 Å². The van der Waals surface area contributed by atoms with Gasteiger partial charge in [0.25, 0.3) is 0 Å². The zero-order chi connectivity index (χ0) is 13.7. The van der Waals surface area contributed by atoms with Crippen LogP contribution < -0.4 is 5.32 Å². The van der Waals surface area contributed by atoms with Gasteiger partial charge in [-0.2, -0.15) is 0 Å². The molecule has 0 aromatic heterocycles. The summed E-state index contributed by atoms with van der Waals surface area (Å²) in [5, 5.41) is 3.26. The largest absolute Gasteiger partial charge is 0.332 e. The van der Waals surface area contributed by atoms with E-state index in [4.69, 9.17) is 0 Å². The second kappa shape index (κ2) is 6.73. The first-order valence-electron chi connectivity index (χ1n) is 6.78. The molecule has 5 heteroatoms. The normalized spacial score (nSPS) is 18.7. The molecule has 0 aromatic carbocycles. The minimum absolute atomic E-state index is 0.0998. The lowest BCUT2D eigenvalue weighted by Crippen LogP contribution is -2.57.